The SMILES string of the molecule is O=C1NC(Nc2ccccc2F)S/C1=C\c1ccccc1OCc1ccc(Br)cc1. The standard InChI is InChI=1S/C23H18BrFN2O2S/c24-17-11-9-15(10-12-17)14-29-20-8-4-1-5-16(20)13-21-22(28)27-23(30-21)26-19-7-3-2-6-18(19)25/h1-13,23,26H,14H2,(H,27,28)/b21-13-. The fourth-order valence-electron chi connectivity index (χ4n) is 2.90. The van der Waals surface area contributed by atoms with Crippen molar-refractivity contribution in [2.75, 3.05) is 5.32 Å². The molecule has 3 aromatic carbocycles. The molecule has 1 aliphatic heterocycles. The first-order chi connectivity index (χ1) is 14.6. The van der Waals surface area contributed by atoms with E-state index >= 15 is 0 Å². The van der Waals surface area contributed by atoms with Crippen molar-refractivity contribution in [3.63, 3.8) is 0 Å². The third kappa shape index (κ3) is 5.04. The predicted molar refractivity (Wildman–Crippen MR) is 122 cm³/mol. The Kier molecular flexibility index (Phi) is 6.40. The van der Waals surface area contributed by atoms with Gasteiger partial charge >= 0.3 is 0 Å². The number of para-hydroxylation sites is 2. The average molecular weight is 485 g/mol. The van der Waals surface area contributed by atoms with E-state index < -0.39 is 5.50 Å². The molecule has 0 saturated carbocycles. The molecule has 1 saturated heterocycles. The highest BCUT2D eigenvalue weighted by Crippen LogP contribution is 2.32. The highest BCUT2D eigenvalue weighted by molar-refractivity contribution is 9.10. The van der Waals surface area contributed by atoms with Gasteiger partial charge in [0, 0.05) is 10.0 Å². The second-order valence-electron chi connectivity index (χ2n) is 6.56. The van der Waals surface area contributed by atoms with Gasteiger partial charge in [-0.1, -0.05) is 70.2 Å². The maximum absolute atomic E-state index is 13.9. The molecular weight excluding hydrogens is 467 g/mol. The number of carbonyl (C=O) groups is 1. The van der Waals surface area contributed by atoms with Crippen LogP contribution in [-0.4, -0.2) is 11.4 Å². The summed E-state index contributed by atoms with van der Waals surface area (Å²) in [5.74, 6) is 0.111. The summed E-state index contributed by atoms with van der Waals surface area (Å²) in [6.45, 7) is 0.421. The topological polar surface area (TPSA) is 50.4 Å². The van der Waals surface area contributed by atoms with E-state index in [2.05, 4.69) is 26.6 Å². The highest BCUT2D eigenvalue weighted by Gasteiger charge is 2.28. The second kappa shape index (κ2) is 9.36. The quantitative estimate of drug-likeness (QED) is 0.436. The van der Waals surface area contributed by atoms with Crippen molar-refractivity contribution in [2.45, 2.75) is 12.1 Å². The average Bonchev–Trinajstić information content (AvgIpc) is 3.09. The lowest BCUT2D eigenvalue weighted by Gasteiger charge is -2.13. The Labute approximate surface area is 186 Å². The van der Waals surface area contributed by atoms with E-state index in [1.165, 1.54) is 17.8 Å². The Morgan fingerprint density at radius 2 is 1.80 bits per heavy atom. The van der Waals surface area contributed by atoms with Crippen LogP contribution < -0.4 is 15.4 Å². The molecule has 0 aromatic heterocycles. The van der Waals surface area contributed by atoms with Gasteiger partial charge in [0.1, 0.15) is 18.2 Å². The molecule has 2 N–H and O–H groups in total. The van der Waals surface area contributed by atoms with Gasteiger partial charge in [0.2, 0.25) is 0 Å². The van der Waals surface area contributed by atoms with Gasteiger partial charge in [0.15, 0.2) is 5.50 Å². The molecule has 0 aliphatic carbocycles. The van der Waals surface area contributed by atoms with Gasteiger partial charge in [0.05, 0.1) is 10.6 Å². The van der Waals surface area contributed by atoms with Gasteiger partial charge in [-0.25, -0.2) is 4.39 Å². The van der Waals surface area contributed by atoms with E-state index in [1.807, 2.05) is 48.5 Å². The zero-order chi connectivity index (χ0) is 20.9. The number of hydrogen-bond acceptors (Lipinski definition) is 4. The number of anilines is 1. The summed E-state index contributed by atoms with van der Waals surface area (Å²) in [5, 5.41) is 5.82. The van der Waals surface area contributed by atoms with Gasteiger partial charge in [-0.15, -0.1) is 0 Å². The van der Waals surface area contributed by atoms with Crippen LogP contribution in [0.15, 0.2) is 82.2 Å². The molecule has 3 aromatic rings. The van der Waals surface area contributed by atoms with Crippen molar-refractivity contribution in [3.05, 3.63) is 99.1 Å². The molecule has 30 heavy (non-hydrogen) atoms. The third-order valence-electron chi connectivity index (χ3n) is 4.40. The summed E-state index contributed by atoms with van der Waals surface area (Å²) in [4.78, 5) is 12.9. The molecule has 0 spiro atoms. The molecule has 4 rings (SSSR count). The van der Waals surface area contributed by atoms with Gasteiger partial charge in [-0.05, 0) is 42.0 Å². The fourth-order valence-corrected chi connectivity index (χ4v) is 4.13. The maximum atomic E-state index is 13.9. The second-order valence-corrected chi connectivity index (χ2v) is 8.62. The monoisotopic (exact) mass is 484 g/mol. The van der Waals surface area contributed by atoms with Crippen molar-refractivity contribution in [2.24, 2.45) is 0 Å². The summed E-state index contributed by atoms with van der Waals surface area (Å²) in [6.07, 6.45) is 1.79. The first kappa shape index (κ1) is 20.5. The van der Waals surface area contributed by atoms with Crippen LogP contribution >= 0.6 is 27.7 Å². The maximum Gasteiger partial charge on any atom is 0.260 e. The van der Waals surface area contributed by atoms with Crippen LogP contribution in [0.3, 0.4) is 0 Å². The molecule has 152 valence electrons. The Morgan fingerprint density at radius 3 is 2.60 bits per heavy atom. The van der Waals surface area contributed by atoms with Crippen molar-refractivity contribution < 1.29 is 13.9 Å². The number of thioether (sulfide) groups is 1. The number of carbonyl (C=O) groups excluding carboxylic acids is 1. The van der Waals surface area contributed by atoms with Crippen molar-refractivity contribution in [1.82, 2.24) is 5.32 Å². The van der Waals surface area contributed by atoms with E-state index in [0.717, 1.165) is 15.6 Å². The zero-order valence-electron chi connectivity index (χ0n) is 15.8. The normalized spacial score (nSPS) is 17.1. The Bertz CT molecular complexity index is 1090. The lowest BCUT2D eigenvalue weighted by atomic mass is 10.2. The summed E-state index contributed by atoms with van der Waals surface area (Å²) in [5.41, 5.74) is 1.74. The molecule has 1 amide bonds. The number of halogens is 2. The fraction of sp³-hybridized carbons (Fsp3) is 0.0870. The van der Waals surface area contributed by atoms with E-state index in [0.29, 0.717) is 22.9 Å². The number of ether oxygens (including phenoxy) is 1. The molecule has 1 atom stereocenters. The van der Waals surface area contributed by atoms with Crippen molar-refractivity contribution in [3.8, 4) is 5.75 Å². The first-order valence-electron chi connectivity index (χ1n) is 9.25. The number of benzene rings is 3. The predicted octanol–water partition coefficient (Wildman–Crippen LogP) is 5.77. The number of amides is 1. The third-order valence-corrected chi connectivity index (χ3v) is 5.96. The van der Waals surface area contributed by atoms with E-state index in [9.17, 15) is 9.18 Å². The number of hydrogen-bond donors (Lipinski definition) is 2. The molecule has 7 heteroatoms. The minimum atomic E-state index is -0.448. The van der Waals surface area contributed by atoms with Crippen LogP contribution in [0.5, 0.6) is 5.75 Å². The van der Waals surface area contributed by atoms with E-state index in [4.69, 9.17) is 4.74 Å². The van der Waals surface area contributed by atoms with Gasteiger partial charge in [-0.2, -0.15) is 0 Å². The Hall–Kier alpha value is -2.77. The minimum Gasteiger partial charge on any atom is -0.488 e. The van der Waals surface area contributed by atoms with Crippen LogP contribution in [0.4, 0.5) is 10.1 Å². The van der Waals surface area contributed by atoms with E-state index in [1.54, 1.807) is 24.3 Å². The molecule has 1 aliphatic rings. The Balaban J connectivity index is 1.47. The lowest BCUT2D eigenvalue weighted by Crippen LogP contribution is -2.31. The molecule has 1 unspecified atom stereocenters. The van der Waals surface area contributed by atoms with Crippen molar-refractivity contribution in [1.29, 1.82) is 0 Å². The van der Waals surface area contributed by atoms with E-state index in [-0.39, 0.29) is 11.7 Å². The molecule has 1 heterocycles. The van der Waals surface area contributed by atoms with Crippen LogP contribution in [0, 0.1) is 5.82 Å². The minimum absolute atomic E-state index is 0.212. The molecule has 0 bridgehead atoms. The Morgan fingerprint density at radius 1 is 1.07 bits per heavy atom. The summed E-state index contributed by atoms with van der Waals surface area (Å²) >= 11 is 4.73. The molecule has 4 nitrogen and oxygen atoms in total. The van der Waals surface area contributed by atoms with Gasteiger partial charge < -0.3 is 15.4 Å². The van der Waals surface area contributed by atoms with Crippen LogP contribution in [0.2, 0.25) is 0 Å². The smallest absolute Gasteiger partial charge is 0.260 e. The molecule has 1 fully saturated rings. The summed E-state index contributed by atoms with van der Waals surface area (Å²) in [6, 6.07) is 21.8. The van der Waals surface area contributed by atoms with Crippen LogP contribution in [0.25, 0.3) is 6.08 Å². The first-order valence-corrected chi connectivity index (χ1v) is 10.9. The molecule has 0 radical (unpaired) electrons. The zero-order valence-corrected chi connectivity index (χ0v) is 18.2. The summed E-state index contributed by atoms with van der Waals surface area (Å²) < 4.78 is 20.9. The van der Waals surface area contributed by atoms with Gasteiger partial charge in [0.25, 0.3) is 5.91 Å². The van der Waals surface area contributed by atoms with Crippen molar-refractivity contribution >= 4 is 45.4 Å². The van der Waals surface area contributed by atoms with Crippen LogP contribution in [0.1, 0.15) is 11.1 Å². The highest BCUT2D eigenvalue weighted by atomic mass is 79.9. The number of rotatable bonds is 6. The van der Waals surface area contributed by atoms with Gasteiger partial charge in [-0.3, -0.25) is 4.79 Å². The lowest BCUT2D eigenvalue weighted by molar-refractivity contribution is -0.116. The van der Waals surface area contributed by atoms with Crippen LogP contribution in [-0.2, 0) is 11.4 Å². The summed E-state index contributed by atoms with van der Waals surface area (Å²) in [7, 11) is 0. The largest absolute Gasteiger partial charge is 0.488 e. The molecular formula is C23H18BrFN2O2S. The number of nitrogens with one attached hydrogen (secondary N) is 2.